The van der Waals surface area contributed by atoms with Crippen molar-refractivity contribution in [2.75, 3.05) is 0 Å². The van der Waals surface area contributed by atoms with Gasteiger partial charge >= 0.3 is 0 Å². The van der Waals surface area contributed by atoms with Crippen LogP contribution < -0.4 is 0 Å². The fraction of sp³-hybridized carbons (Fsp3) is 0.250. The molecule has 0 aliphatic rings. The van der Waals surface area contributed by atoms with E-state index in [4.69, 9.17) is 0 Å². The van der Waals surface area contributed by atoms with Crippen LogP contribution in [0.15, 0.2) is 0 Å². The van der Waals surface area contributed by atoms with E-state index in [2.05, 4.69) is 6.92 Å². The molecule has 1 heteroatoms. The molecule has 0 unspecified atom stereocenters. The Morgan fingerprint density at radius 1 is 2.00 bits per heavy atom. The molecule has 0 aromatic carbocycles. The first kappa shape index (κ1) is 4.67. The lowest BCUT2D eigenvalue weighted by molar-refractivity contribution is -0.111. The minimum atomic E-state index is -0.120. The minimum absolute atomic E-state index is 0.120. The lowest BCUT2D eigenvalue weighted by Crippen LogP contribution is -1.82. The Balaban J connectivity index is 2.85. The van der Waals surface area contributed by atoms with Crippen molar-refractivity contribution in [3.05, 3.63) is 13.3 Å². The lowest BCUT2D eigenvalue weighted by atomic mass is 10.4. The summed E-state index contributed by atoms with van der Waals surface area (Å²) in [6.07, 6.45) is 1.42. The fourth-order valence-corrected chi connectivity index (χ4v) is 0. The molecule has 0 spiro atoms. The third-order valence-corrected chi connectivity index (χ3v) is 0.322. The molecule has 0 fully saturated rings. The quantitative estimate of drug-likeness (QED) is 0.442. The van der Waals surface area contributed by atoms with E-state index in [1.807, 2.05) is 0 Å². The monoisotopic (exact) mass is 70.0 g/mol. The van der Waals surface area contributed by atoms with E-state index < -0.39 is 0 Å². The van der Waals surface area contributed by atoms with Crippen LogP contribution in [0, 0.1) is 13.3 Å². The zero-order valence-corrected chi connectivity index (χ0v) is 3.19. The summed E-state index contributed by atoms with van der Waals surface area (Å²) < 4.78 is 0. The first-order valence-electron chi connectivity index (χ1n) is 1.42. The average Bonchev–Trinajstić information content (AvgIpc) is 1.38. The van der Waals surface area contributed by atoms with Crippen LogP contribution in [0.2, 0.25) is 0 Å². The number of carbonyl (C=O) groups is 1. The summed E-state index contributed by atoms with van der Waals surface area (Å²) in [7, 11) is 0. The molecule has 5 heavy (non-hydrogen) atoms. The molecular weight excluding hydrogens is 64.0 g/mol. The smallest absolute Gasteiger partial charge is 0.136 e. The molecule has 0 saturated carbocycles. The van der Waals surface area contributed by atoms with E-state index in [0.717, 1.165) is 0 Å². The van der Waals surface area contributed by atoms with E-state index in [1.165, 1.54) is 6.42 Å². The SMILES string of the molecule is [CH2]C(=O)[CH]C. The molecule has 0 aromatic heterocycles. The summed E-state index contributed by atoms with van der Waals surface area (Å²) in [5.74, 6) is -0.120. The van der Waals surface area contributed by atoms with Crippen molar-refractivity contribution in [2.45, 2.75) is 6.92 Å². The highest BCUT2D eigenvalue weighted by Gasteiger charge is 1.78. The van der Waals surface area contributed by atoms with Crippen LogP contribution in [0.5, 0.6) is 0 Å². The van der Waals surface area contributed by atoms with E-state index in [9.17, 15) is 4.79 Å². The van der Waals surface area contributed by atoms with Gasteiger partial charge in [0.25, 0.3) is 0 Å². The van der Waals surface area contributed by atoms with E-state index in [0.29, 0.717) is 0 Å². The zero-order chi connectivity index (χ0) is 4.28. The highest BCUT2D eigenvalue weighted by Crippen LogP contribution is 1.68. The van der Waals surface area contributed by atoms with Gasteiger partial charge in [0, 0.05) is 13.3 Å². The second kappa shape index (κ2) is 1.94. The van der Waals surface area contributed by atoms with Gasteiger partial charge in [-0.05, 0) is 0 Å². The largest absolute Gasteiger partial charge is 0.299 e. The molecule has 0 atom stereocenters. The van der Waals surface area contributed by atoms with Crippen molar-refractivity contribution in [3.63, 3.8) is 0 Å². The predicted molar refractivity (Wildman–Crippen MR) is 20.3 cm³/mol. The van der Waals surface area contributed by atoms with Crippen LogP contribution in [0.3, 0.4) is 0 Å². The van der Waals surface area contributed by atoms with Gasteiger partial charge in [-0.25, -0.2) is 0 Å². The second-order valence-corrected chi connectivity index (χ2v) is 0.755. The number of ketones is 1. The average molecular weight is 70.1 g/mol. The predicted octanol–water partition coefficient (Wildman–Crippen LogP) is 0.614. The molecule has 0 amide bonds. The zero-order valence-electron chi connectivity index (χ0n) is 3.19. The maximum absolute atomic E-state index is 9.65. The number of carbonyl (C=O) groups excluding carboxylic acids is 1. The van der Waals surface area contributed by atoms with Crippen molar-refractivity contribution in [3.8, 4) is 0 Å². The second-order valence-electron chi connectivity index (χ2n) is 0.755. The maximum atomic E-state index is 9.65. The standard InChI is InChI=1S/C4H6O/c1-3-4(2)5/h3H,2H2,1H3. The third kappa shape index (κ3) is 3.67. The number of hydrogen-bond donors (Lipinski definition) is 0. The van der Waals surface area contributed by atoms with Crippen LogP contribution in [-0.4, -0.2) is 5.78 Å². The van der Waals surface area contributed by atoms with Gasteiger partial charge in [-0.2, -0.15) is 0 Å². The molecule has 0 N–H and O–H groups in total. The lowest BCUT2D eigenvalue weighted by Gasteiger charge is -1.70. The van der Waals surface area contributed by atoms with Gasteiger partial charge in [-0.15, -0.1) is 0 Å². The molecule has 0 heterocycles. The fourth-order valence-electron chi connectivity index (χ4n) is 0. The number of rotatable bonds is 1. The van der Waals surface area contributed by atoms with Crippen LogP contribution in [-0.2, 0) is 4.79 Å². The van der Waals surface area contributed by atoms with Gasteiger partial charge in [0.1, 0.15) is 5.78 Å². The molecule has 1 nitrogen and oxygen atoms in total. The molecule has 0 saturated heterocycles. The normalized spacial score (nSPS) is 7.60. The summed E-state index contributed by atoms with van der Waals surface area (Å²) in [6.45, 7) is 4.72. The first-order chi connectivity index (χ1) is 2.27. The summed E-state index contributed by atoms with van der Waals surface area (Å²) in [5, 5.41) is 0. The Bertz CT molecular complexity index is 38.9. The van der Waals surface area contributed by atoms with E-state index in [1.54, 1.807) is 6.92 Å². The Morgan fingerprint density at radius 3 is 2.20 bits per heavy atom. The minimum Gasteiger partial charge on any atom is -0.299 e. The summed E-state index contributed by atoms with van der Waals surface area (Å²) in [5.41, 5.74) is 0. The van der Waals surface area contributed by atoms with Gasteiger partial charge < -0.3 is 0 Å². The van der Waals surface area contributed by atoms with Crippen molar-refractivity contribution in [1.82, 2.24) is 0 Å². The number of hydrogen-bond acceptors (Lipinski definition) is 1. The van der Waals surface area contributed by atoms with Crippen molar-refractivity contribution >= 4 is 5.78 Å². The topological polar surface area (TPSA) is 17.1 Å². The Hall–Kier alpha value is -0.330. The molecule has 0 aliphatic carbocycles. The van der Waals surface area contributed by atoms with Gasteiger partial charge in [0.2, 0.25) is 0 Å². The highest BCUT2D eigenvalue weighted by molar-refractivity contribution is 5.89. The Labute approximate surface area is 32.0 Å². The highest BCUT2D eigenvalue weighted by atomic mass is 16.1. The molecule has 0 aliphatic heterocycles. The van der Waals surface area contributed by atoms with E-state index >= 15 is 0 Å². The molecular formula is C4H6O. The Kier molecular flexibility index (Phi) is 1.81. The first-order valence-corrected chi connectivity index (χ1v) is 1.42. The summed E-state index contributed by atoms with van der Waals surface area (Å²) in [6, 6.07) is 0. The van der Waals surface area contributed by atoms with Gasteiger partial charge in [-0.3, -0.25) is 4.79 Å². The van der Waals surface area contributed by atoms with Crippen molar-refractivity contribution in [2.24, 2.45) is 0 Å². The maximum Gasteiger partial charge on any atom is 0.136 e. The van der Waals surface area contributed by atoms with Gasteiger partial charge in [0.05, 0.1) is 0 Å². The summed E-state index contributed by atoms with van der Waals surface area (Å²) >= 11 is 0. The molecule has 2 radical (unpaired) electrons. The molecule has 0 aromatic rings. The van der Waals surface area contributed by atoms with Gasteiger partial charge in [0.15, 0.2) is 0 Å². The molecule has 28 valence electrons. The summed E-state index contributed by atoms with van der Waals surface area (Å²) in [4.78, 5) is 9.65. The number of Topliss-reactive ketones (excluding diaryl/α,β-unsaturated/α-hetero) is 1. The van der Waals surface area contributed by atoms with Crippen LogP contribution >= 0.6 is 0 Å². The van der Waals surface area contributed by atoms with E-state index in [-0.39, 0.29) is 5.78 Å². The van der Waals surface area contributed by atoms with Crippen molar-refractivity contribution < 1.29 is 4.79 Å². The van der Waals surface area contributed by atoms with Crippen LogP contribution in [0.25, 0.3) is 0 Å². The van der Waals surface area contributed by atoms with Crippen LogP contribution in [0.1, 0.15) is 6.92 Å². The molecule has 0 bridgehead atoms. The van der Waals surface area contributed by atoms with Gasteiger partial charge in [-0.1, -0.05) is 6.92 Å². The third-order valence-electron chi connectivity index (χ3n) is 0.322. The van der Waals surface area contributed by atoms with Crippen molar-refractivity contribution in [1.29, 1.82) is 0 Å². The Morgan fingerprint density at radius 2 is 2.20 bits per heavy atom. The molecule has 0 rings (SSSR count). The van der Waals surface area contributed by atoms with Crippen LogP contribution in [0.4, 0.5) is 0 Å².